The SMILES string of the molecule is Fc1ccccc1Oc1cncc([C@H]2CCCN2Cc2ncc[nH]2)n1. The average molecular weight is 339 g/mol. The Kier molecular flexibility index (Phi) is 4.39. The van der Waals surface area contributed by atoms with Crippen LogP contribution in [0, 0.1) is 5.82 Å². The van der Waals surface area contributed by atoms with Crippen LogP contribution in [-0.4, -0.2) is 31.4 Å². The van der Waals surface area contributed by atoms with Gasteiger partial charge in [0.15, 0.2) is 11.6 Å². The summed E-state index contributed by atoms with van der Waals surface area (Å²) in [6.45, 7) is 1.71. The standard InChI is InChI=1S/C18H18FN5O/c19-13-4-1-2-6-16(13)25-18-11-20-10-14(23-18)15-5-3-9-24(15)12-17-21-7-8-22-17/h1-2,4,6-8,10-11,15H,3,5,9,12H2,(H,21,22)/t15-/m1/s1. The molecule has 1 fully saturated rings. The maximum Gasteiger partial charge on any atom is 0.238 e. The number of ether oxygens (including phenoxy) is 1. The van der Waals surface area contributed by atoms with E-state index in [1.165, 1.54) is 12.3 Å². The molecule has 3 heterocycles. The van der Waals surface area contributed by atoms with Crippen LogP contribution in [0.5, 0.6) is 11.6 Å². The number of aromatic amines is 1. The van der Waals surface area contributed by atoms with Crippen LogP contribution in [0.25, 0.3) is 0 Å². The molecular formula is C18H18FN5O. The van der Waals surface area contributed by atoms with Crippen molar-refractivity contribution in [2.24, 2.45) is 0 Å². The van der Waals surface area contributed by atoms with E-state index in [2.05, 4.69) is 24.8 Å². The Morgan fingerprint density at radius 3 is 3.04 bits per heavy atom. The van der Waals surface area contributed by atoms with Gasteiger partial charge in [-0.25, -0.2) is 14.4 Å². The Hall–Kier alpha value is -2.80. The summed E-state index contributed by atoms with van der Waals surface area (Å²) in [5, 5.41) is 0. The summed E-state index contributed by atoms with van der Waals surface area (Å²) in [5.41, 5.74) is 0.831. The molecule has 0 bridgehead atoms. The molecule has 3 aromatic rings. The van der Waals surface area contributed by atoms with Crippen molar-refractivity contribution in [3.63, 3.8) is 0 Å². The topological polar surface area (TPSA) is 66.9 Å². The van der Waals surface area contributed by atoms with Gasteiger partial charge in [-0.15, -0.1) is 0 Å². The highest BCUT2D eigenvalue weighted by atomic mass is 19.1. The number of hydrogen-bond acceptors (Lipinski definition) is 5. The molecule has 1 atom stereocenters. The summed E-state index contributed by atoms with van der Waals surface area (Å²) >= 11 is 0. The Bertz CT molecular complexity index is 839. The van der Waals surface area contributed by atoms with Crippen molar-refractivity contribution in [1.29, 1.82) is 0 Å². The van der Waals surface area contributed by atoms with Gasteiger partial charge in [-0.1, -0.05) is 12.1 Å². The average Bonchev–Trinajstić information content (AvgIpc) is 3.30. The van der Waals surface area contributed by atoms with Crippen molar-refractivity contribution in [2.45, 2.75) is 25.4 Å². The minimum Gasteiger partial charge on any atom is -0.434 e. The number of imidazole rings is 1. The lowest BCUT2D eigenvalue weighted by molar-refractivity contribution is 0.237. The zero-order chi connectivity index (χ0) is 17.1. The molecule has 0 unspecified atom stereocenters. The maximum absolute atomic E-state index is 13.8. The molecule has 6 nitrogen and oxygen atoms in total. The summed E-state index contributed by atoms with van der Waals surface area (Å²) < 4.78 is 19.3. The number of likely N-dealkylation sites (tertiary alicyclic amines) is 1. The lowest BCUT2D eigenvalue weighted by Gasteiger charge is -2.22. The predicted molar refractivity (Wildman–Crippen MR) is 89.5 cm³/mol. The molecule has 1 N–H and O–H groups in total. The van der Waals surface area contributed by atoms with Gasteiger partial charge in [0.05, 0.1) is 30.7 Å². The third-order valence-corrected chi connectivity index (χ3v) is 4.30. The van der Waals surface area contributed by atoms with Gasteiger partial charge in [0, 0.05) is 12.4 Å². The molecule has 128 valence electrons. The van der Waals surface area contributed by atoms with Crippen LogP contribution >= 0.6 is 0 Å². The van der Waals surface area contributed by atoms with E-state index in [4.69, 9.17) is 4.74 Å². The fourth-order valence-electron chi connectivity index (χ4n) is 3.14. The molecular weight excluding hydrogens is 321 g/mol. The van der Waals surface area contributed by atoms with Crippen molar-refractivity contribution >= 4 is 0 Å². The summed E-state index contributed by atoms with van der Waals surface area (Å²) in [4.78, 5) is 18.5. The maximum atomic E-state index is 13.8. The Balaban J connectivity index is 1.53. The monoisotopic (exact) mass is 339 g/mol. The number of nitrogens with zero attached hydrogens (tertiary/aromatic N) is 4. The van der Waals surface area contributed by atoms with Crippen molar-refractivity contribution in [1.82, 2.24) is 24.8 Å². The van der Waals surface area contributed by atoms with E-state index < -0.39 is 5.82 Å². The highest BCUT2D eigenvalue weighted by Crippen LogP contribution is 2.32. The highest BCUT2D eigenvalue weighted by molar-refractivity contribution is 5.28. The first kappa shape index (κ1) is 15.7. The minimum absolute atomic E-state index is 0.146. The van der Waals surface area contributed by atoms with Gasteiger partial charge >= 0.3 is 0 Å². The van der Waals surface area contributed by atoms with Crippen LogP contribution in [0.3, 0.4) is 0 Å². The third-order valence-electron chi connectivity index (χ3n) is 4.30. The van der Waals surface area contributed by atoms with E-state index in [-0.39, 0.29) is 11.8 Å². The normalized spacial score (nSPS) is 17.7. The molecule has 1 aliphatic rings. The Morgan fingerprint density at radius 2 is 2.20 bits per heavy atom. The van der Waals surface area contributed by atoms with E-state index in [0.717, 1.165) is 37.4 Å². The van der Waals surface area contributed by atoms with E-state index in [0.29, 0.717) is 5.88 Å². The van der Waals surface area contributed by atoms with E-state index in [9.17, 15) is 4.39 Å². The van der Waals surface area contributed by atoms with Crippen LogP contribution in [-0.2, 0) is 6.54 Å². The quantitative estimate of drug-likeness (QED) is 0.771. The molecule has 25 heavy (non-hydrogen) atoms. The van der Waals surface area contributed by atoms with Gasteiger partial charge in [-0.05, 0) is 31.5 Å². The lowest BCUT2D eigenvalue weighted by Crippen LogP contribution is -2.24. The van der Waals surface area contributed by atoms with E-state index >= 15 is 0 Å². The fraction of sp³-hybridized carbons (Fsp3) is 0.278. The zero-order valence-corrected chi connectivity index (χ0v) is 13.6. The smallest absolute Gasteiger partial charge is 0.238 e. The van der Waals surface area contributed by atoms with Gasteiger partial charge in [0.2, 0.25) is 5.88 Å². The summed E-state index contributed by atoms with van der Waals surface area (Å²) in [6.07, 6.45) is 8.91. The van der Waals surface area contributed by atoms with Gasteiger partial charge in [0.1, 0.15) is 5.82 Å². The van der Waals surface area contributed by atoms with Crippen molar-refractivity contribution in [2.75, 3.05) is 6.54 Å². The van der Waals surface area contributed by atoms with Crippen LogP contribution in [0.2, 0.25) is 0 Å². The molecule has 0 amide bonds. The predicted octanol–water partition coefficient (Wildman–Crippen LogP) is 3.47. The molecule has 1 saturated heterocycles. The molecule has 0 radical (unpaired) electrons. The molecule has 1 aliphatic heterocycles. The molecule has 2 aromatic heterocycles. The number of benzene rings is 1. The number of aromatic nitrogens is 4. The second-order valence-corrected chi connectivity index (χ2v) is 5.98. The zero-order valence-electron chi connectivity index (χ0n) is 13.6. The van der Waals surface area contributed by atoms with Gasteiger partial charge in [0.25, 0.3) is 0 Å². The first-order chi connectivity index (χ1) is 12.3. The Labute approximate surface area is 144 Å². The number of rotatable bonds is 5. The summed E-state index contributed by atoms with van der Waals surface area (Å²) in [5.74, 6) is 0.953. The van der Waals surface area contributed by atoms with Crippen LogP contribution < -0.4 is 4.74 Å². The van der Waals surface area contributed by atoms with Gasteiger partial charge in [-0.3, -0.25) is 9.88 Å². The molecule has 1 aromatic carbocycles. The molecule has 0 saturated carbocycles. The van der Waals surface area contributed by atoms with Crippen molar-refractivity contribution in [3.05, 3.63) is 66.4 Å². The van der Waals surface area contributed by atoms with Crippen molar-refractivity contribution in [3.8, 4) is 11.6 Å². The molecule has 4 rings (SSSR count). The van der Waals surface area contributed by atoms with Gasteiger partial charge in [-0.2, -0.15) is 0 Å². The number of nitrogens with one attached hydrogen (secondary N) is 1. The number of halogens is 1. The largest absolute Gasteiger partial charge is 0.434 e. The van der Waals surface area contributed by atoms with Crippen LogP contribution in [0.4, 0.5) is 4.39 Å². The first-order valence-electron chi connectivity index (χ1n) is 8.26. The van der Waals surface area contributed by atoms with Crippen molar-refractivity contribution < 1.29 is 9.13 Å². The summed E-state index contributed by atoms with van der Waals surface area (Å²) in [6, 6.07) is 6.42. The third kappa shape index (κ3) is 3.51. The molecule has 7 heteroatoms. The van der Waals surface area contributed by atoms with E-state index in [1.54, 1.807) is 30.6 Å². The molecule has 0 aliphatic carbocycles. The molecule has 0 spiro atoms. The van der Waals surface area contributed by atoms with Gasteiger partial charge < -0.3 is 9.72 Å². The Morgan fingerprint density at radius 1 is 1.28 bits per heavy atom. The van der Waals surface area contributed by atoms with Crippen LogP contribution in [0.1, 0.15) is 30.4 Å². The fourth-order valence-corrected chi connectivity index (χ4v) is 3.14. The first-order valence-corrected chi connectivity index (χ1v) is 8.26. The van der Waals surface area contributed by atoms with E-state index in [1.807, 2.05) is 6.20 Å². The van der Waals surface area contributed by atoms with Crippen LogP contribution in [0.15, 0.2) is 49.1 Å². The number of para-hydroxylation sites is 1. The minimum atomic E-state index is -0.421. The summed E-state index contributed by atoms with van der Waals surface area (Å²) in [7, 11) is 0. The highest BCUT2D eigenvalue weighted by Gasteiger charge is 2.28. The lowest BCUT2D eigenvalue weighted by atomic mass is 10.1. The number of H-pyrrole nitrogens is 1. The second-order valence-electron chi connectivity index (χ2n) is 5.98. The second kappa shape index (κ2) is 6.98. The number of hydrogen-bond donors (Lipinski definition) is 1.